The van der Waals surface area contributed by atoms with Crippen molar-refractivity contribution < 1.29 is 33.4 Å². The van der Waals surface area contributed by atoms with E-state index in [1.165, 1.54) is 4.90 Å². The molecule has 1 heterocycles. The number of rotatable bonds is 11. The van der Waals surface area contributed by atoms with E-state index in [4.69, 9.17) is 9.47 Å². The van der Waals surface area contributed by atoms with Crippen molar-refractivity contribution in [2.45, 2.75) is 91.5 Å². The maximum atomic E-state index is 13.3. The maximum absolute atomic E-state index is 13.3. The monoisotopic (exact) mass is 545 g/mol. The smallest absolute Gasteiger partial charge is 0.410 e. The van der Waals surface area contributed by atoms with E-state index in [0.717, 1.165) is 0 Å². The molecule has 0 saturated carbocycles. The summed E-state index contributed by atoms with van der Waals surface area (Å²) < 4.78 is 10.7. The van der Waals surface area contributed by atoms with Gasteiger partial charge in [-0.3, -0.25) is 19.3 Å². The van der Waals surface area contributed by atoms with Crippen LogP contribution in [0.3, 0.4) is 0 Å². The zero-order valence-electron chi connectivity index (χ0n) is 24.1. The van der Waals surface area contributed by atoms with Gasteiger partial charge in [0.05, 0.1) is 0 Å². The van der Waals surface area contributed by atoms with Crippen molar-refractivity contribution in [2.75, 3.05) is 13.2 Å². The largest absolute Gasteiger partial charge is 0.456 e. The average Bonchev–Trinajstić information content (AvgIpc) is 3.34. The number of likely N-dealkylation sites (tertiary alicyclic amines) is 1. The summed E-state index contributed by atoms with van der Waals surface area (Å²) in [6, 6.07) is 5.78. The molecular weight excluding hydrogens is 502 g/mol. The number of hydrogen-bond donors (Lipinski definition) is 2. The van der Waals surface area contributed by atoms with Crippen LogP contribution in [0.5, 0.6) is 0 Å². The lowest BCUT2D eigenvalue weighted by Gasteiger charge is -2.30. The molecule has 2 rings (SSSR count). The quantitative estimate of drug-likeness (QED) is 0.321. The van der Waals surface area contributed by atoms with Gasteiger partial charge in [0.25, 0.3) is 0 Å². The highest BCUT2D eigenvalue weighted by Crippen LogP contribution is 2.21. The predicted octanol–water partition coefficient (Wildman–Crippen LogP) is 3.48. The molecule has 1 aliphatic heterocycles. The number of esters is 1. The molecule has 1 aromatic rings. The normalized spacial score (nSPS) is 16.9. The van der Waals surface area contributed by atoms with E-state index in [9.17, 15) is 24.0 Å². The van der Waals surface area contributed by atoms with Gasteiger partial charge in [0.1, 0.15) is 23.7 Å². The third-order valence-electron chi connectivity index (χ3n) is 6.18. The number of nitrogens with zero attached hydrogens (tertiary/aromatic N) is 1. The standard InChI is InChI=1S/C29H43N3O7/c1-18(2)16-21(27(36)38-17-23(33)20-12-9-8-10-13-20)30-26(35)24(19(3)4)31-25(34)22-14-11-15-32(22)28(37)39-29(5,6)7/h8-10,12-13,18-19,21-22,24H,11,14-17H2,1-7H3,(H,30,35)(H,31,34)/t21-,22-,24+/m0/s1. The molecule has 0 aliphatic carbocycles. The Bertz CT molecular complexity index is 1020. The van der Waals surface area contributed by atoms with Crippen LogP contribution in [0.15, 0.2) is 30.3 Å². The second-order valence-corrected chi connectivity index (χ2v) is 11.6. The summed E-state index contributed by atoms with van der Waals surface area (Å²) in [6.07, 6.45) is 0.808. The van der Waals surface area contributed by atoms with Gasteiger partial charge in [0.15, 0.2) is 12.4 Å². The Balaban J connectivity index is 2.06. The Labute approximate surface area is 231 Å². The van der Waals surface area contributed by atoms with Gasteiger partial charge in [-0.25, -0.2) is 9.59 Å². The van der Waals surface area contributed by atoms with Crippen molar-refractivity contribution in [1.29, 1.82) is 0 Å². The van der Waals surface area contributed by atoms with Crippen molar-refractivity contribution >= 4 is 29.7 Å². The number of carbonyl (C=O) groups excluding carboxylic acids is 5. The number of hydrogen-bond acceptors (Lipinski definition) is 7. The van der Waals surface area contributed by atoms with Gasteiger partial charge < -0.3 is 20.1 Å². The molecule has 0 radical (unpaired) electrons. The van der Waals surface area contributed by atoms with Crippen molar-refractivity contribution in [3.05, 3.63) is 35.9 Å². The van der Waals surface area contributed by atoms with Crippen molar-refractivity contribution in [3.8, 4) is 0 Å². The molecule has 1 saturated heterocycles. The molecular formula is C29H43N3O7. The zero-order chi connectivity index (χ0) is 29.3. The molecule has 0 spiro atoms. The van der Waals surface area contributed by atoms with Crippen LogP contribution in [0.4, 0.5) is 4.79 Å². The van der Waals surface area contributed by atoms with Gasteiger partial charge in [-0.15, -0.1) is 0 Å². The molecule has 0 bridgehead atoms. The summed E-state index contributed by atoms with van der Waals surface area (Å²) in [5, 5.41) is 5.48. The number of benzene rings is 1. The Morgan fingerprint density at radius 2 is 1.64 bits per heavy atom. The van der Waals surface area contributed by atoms with Crippen LogP contribution in [0.2, 0.25) is 0 Å². The minimum Gasteiger partial charge on any atom is -0.456 e. The van der Waals surface area contributed by atoms with Crippen LogP contribution < -0.4 is 10.6 Å². The summed E-state index contributed by atoms with van der Waals surface area (Å²) in [5.41, 5.74) is -0.281. The molecule has 216 valence electrons. The third-order valence-corrected chi connectivity index (χ3v) is 6.18. The average molecular weight is 546 g/mol. The Kier molecular flexibility index (Phi) is 11.5. The molecule has 1 fully saturated rings. The first kappa shape index (κ1) is 31.8. The van der Waals surface area contributed by atoms with E-state index in [1.54, 1.807) is 65.0 Å². The Morgan fingerprint density at radius 1 is 1.00 bits per heavy atom. The highest BCUT2D eigenvalue weighted by atomic mass is 16.6. The van der Waals surface area contributed by atoms with Crippen LogP contribution in [-0.4, -0.2) is 71.4 Å². The molecule has 2 N–H and O–H groups in total. The van der Waals surface area contributed by atoms with Crippen LogP contribution in [0, 0.1) is 11.8 Å². The van der Waals surface area contributed by atoms with E-state index in [0.29, 0.717) is 24.9 Å². The number of Topliss-reactive ketones (excluding diaryl/α,β-unsaturated/α-hetero) is 1. The van der Waals surface area contributed by atoms with E-state index >= 15 is 0 Å². The molecule has 10 nitrogen and oxygen atoms in total. The van der Waals surface area contributed by atoms with Gasteiger partial charge in [-0.05, 0) is 51.9 Å². The lowest BCUT2D eigenvalue weighted by atomic mass is 10.00. The first-order valence-electron chi connectivity index (χ1n) is 13.5. The number of nitrogens with one attached hydrogen (secondary N) is 2. The van der Waals surface area contributed by atoms with Gasteiger partial charge in [-0.2, -0.15) is 0 Å². The van der Waals surface area contributed by atoms with Crippen LogP contribution in [0.1, 0.15) is 78.1 Å². The van der Waals surface area contributed by atoms with Gasteiger partial charge in [0, 0.05) is 12.1 Å². The van der Waals surface area contributed by atoms with Crippen LogP contribution in [0.25, 0.3) is 0 Å². The molecule has 0 unspecified atom stereocenters. The molecule has 1 aromatic carbocycles. The summed E-state index contributed by atoms with van der Waals surface area (Å²) in [5.74, 6) is -2.33. The van der Waals surface area contributed by atoms with Gasteiger partial charge in [0.2, 0.25) is 11.8 Å². The first-order chi connectivity index (χ1) is 18.2. The molecule has 0 aromatic heterocycles. The fourth-order valence-corrected chi connectivity index (χ4v) is 4.25. The Morgan fingerprint density at radius 3 is 2.21 bits per heavy atom. The number of ketones is 1. The second kappa shape index (κ2) is 14.1. The van der Waals surface area contributed by atoms with Crippen molar-refractivity contribution in [1.82, 2.24) is 15.5 Å². The van der Waals surface area contributed by atoms with Crippen molar-refractivity contribution in [3.63, 3.8) is 0 Å². The summed E-state index contributed by atoms with van der Waals surface area (Å²) in [7, 11) is 0. The summed E-state index contributed by atoms with van der Waals surface area (Å²) in [4.78, 5) is 65.7. The van der Waals surface area contributed by atoms with E-state index in [1.807, 2.05) is 13.8 Å². The van der Waals surface area contributed by atoms with E-state index in [2.05, 4.69) is 10.6 Å². The highest BCUT2D eigenvalue weighted by molar-refractivity contribution is 5.98. The fraction of sp³-hybridized carbons (Fsp3) is 0.621. The summed E-state index contributed by atoms with van der Waals surface area (Å²) in [6.45, 7) is 12.6. The molecule has 39 heavy (non-hydrogen) atoms. The van der Waals surface area contributed by atoms with Crippen LogP contribution >= 0.6 is 0 Å². The molecule has 3 amide bonds. The minimum absolute atomic E-state index is 0.0423. The summed E-state index contributed by atoms with van der Waals surface area (Å²) >= 11 is 0. The SMILES string of the molecule is CC(C)C[C@H](NC(=O)[C@H](NC(=O)[C@@H]1CCCN1C(=O)OC(C)(C)C)C(C)C)C(=O)OCC(=O)c1ccccc1. The second-order valence-electron chi connectivity index (χ2n) is 11.6. The Hall–Kier alpha value is -3.43. The lowest BCUT2D eigenvalue weighted by molar-refractivity contribution is -0.147. The lowest BCUT2D eigenvalue weighted by Crippen LogP contribution is -2.57. The predicted molar refractivity (Wildman–Crippen MR) is 146 cm³/mol. The molecule has 3 atom stereocenters. The molecule has 10 heteroatoms. The zero-order valence-corrected chi connectivity index (χ0v) is 24.1. The highest BCUT2D eigenvalue weighted by Gasteiger charge is 2.39. The molecule has 1 aliphatic rings. The first-order valence-corrected chi connectivity index (χ1v) is 13.5. The number of amides is 3. The van der Waals surface area contributed by atoms with Gasteiger partial charge in [-0.1, -0.05) is 58.0 Å². The van der Waals surface area contributed by atoms with Crippen molar-refractivity contribution in [2.24, 2.45) is 11.8 Å². The number of carbonyl (C=O) groups is 5. The van der Waals surface area contributed by atoms with E-state index in [-0.39, 0.29) is 24.0 Å². The third kappa shape index (κ3) is 10.00. The van der Waals surface area contributed by atoms with E-state index < -0.39 is 54.2 Å². The minimum atomic E-state index is -0.996. The van der Waals surface area contributed by atoms with Gasteiger partial charge >= 0.3 is 12.1 Å². The number of ether oxygens (including phenoxy) is 2. The maximum Gasteiger partial charge on any atom is 0.410 e. The fourth-order valence-electron chi connectivity index (χ4n) is 4.25. The van der Waals surface area contributed by atoms with Crippen LogP contribution in [-0.2, 0) is 23.9 Å². The topological polar surface area (TPSA) is 131 Å².